The van der Waals surface area contributed by atoms with Crippen LogP contribution in [-0.4, -0.2) is 38.3 Å². The molecule has 1 aromatic carbocycles. The Labute approximate surface area is 185 Å². The summed E-state index contributed by atoms with van der Waals surface area (Å²) in [5, 5.41) is 6.69. The molecule has 2 N–H and O–H groups in total. The Hall–Kier alpha value is -2.03. The fourth-order valence-electron chi connectivity index (χ4n) is 2.70. The van der Waals surface area contributed by atoms with E-state index >= 15 is 0 Å². The molecule has 2 rings (SSSR count). The highest BCUT2D eigenvalue weighted by Gasteiger charge is 2.07. The molecule has 2 aromatic rings. The number of pyridine rings is 1. The highest BCUT2D eigenvalue weighted by atomic mass is 127. The Balaban J connectivity index is 0.00000392. The fraction of sp³-hybridized carbons (Fsp3) is 0.429. The molecule has 0 aliphatic heterocycles. The monoisotopic (exact) mass is 498 g/mol. The summed E-state index contributed by atoms with van der Waals surface area (Å²) in [6.45, 7) is 6.29. The Bertz CT molecular complexity index is 723. The maximum absolute atomic E-state index is 5.43. The summed E-state index contributed by atoms with van der Waals surface area (Å²) in [6.07, 6.45) is 2.77. The van der Waals surface area contributed by atoms with Crippen LogP contribution in [0.1, 0.15) is 37.3 Å². The third kappa shape index (κ3) is 7.92. The minimum absolute atomic E-state index is 0. The first-order valence-corrected chi connectivity index (χ1v) is 9.32. The molecule has 0 spiro atoms. The van der Waals surface area contributed by atoms with Crippen LogP contribution in [0, 0.1) is 0 Å². The molecule has 6 nitrogen and oxygen atoms in total. The largest absolute Gasteiger partial charge is 0.497 e. The standard InChI is InChI=1S/C21H30N4O2.HI/c1-5-27-20-14-17(11-13-23-20)15-25-21(22-3)24-12-10-16(2)18-6-8-19(26-4)9-7-18;/h6-9,11,13-14,16H,5,10,12,15H2,1-4H3,(H2,22,24,25);1H. The minimum Gasteiger partial charge on any atom is -0.497 e. The van der Waals surface area contributed by atoms with E-state index < -0.39 is 0 Å². The summed E-state index contributed by atoms with van der Waals surface area (Å²) in [5.41, 5.74) is 2.41. The number of methoxy groups -OCH3 is 1. The first-order valence-electron chi connectivity index (χ1n) is 9.32. The Morgan fingerprint density at radius 1 is 1.18 bits per heavy atom. The Morgan fingerprint density at radius 3 is 2.57 bits per heavy atom. The summed E-state index contributed by atoms with van der Waals surface area (Å²) in [6, 6.07) is 12.2. The zero-order chi connectivity index (χ0) is 19.5. The lowest BCUT2D eigenvalue weighted by atomic mass is 9.98. The molecule has 0 saturated heterocycles. The molecule has 0 aliphatic rings. The van der Waals surface area contributed by atoms with Gasteiger partial charge in [0, 0.05) is 32.4 Å². The van der Waals surface area contributed by atoms with Gasteiger partial charge in [-0.05, 0) is 48.6 Å². The van der Waals surface area contributed by atoms with Crippen LogP contribution in [0.3, 0.4) is 0 Å². The molecule has 0 fully saturated rings. The lowest BCUT2D eigenvalue weighted by Crippen LogP contribution is -2.37. The van der Waals surface area contributed by atoms with E-state index in [1.165, 1.54) is 5.56 Å². The number of guanidine groups is 1. The predicted molar refractivity (Wildman–Crippen MR) is 125 cm³/mol. The smallest absolute Gasteiger partial charge is 0.213 e. The van der Waals surface area contributed by atoms with Gasteiger partial charge >= 0.3 is 0 Å². The van der Waals surface area contributed by atoms with E-state index in [0.29, 0.717) is 24.9 Å². The SMILES string of the molecule is CCOc1cc(CNC(=NC)NCCC(C)c2ccc(OC)cc2)ccn1.I. The molecule has 0 amide bonds. The number of aromatic nitrogens is 1. The number of ether oxygens (including phenoxy) is 2. The zero-order valence-electron chi connectivity index (χ0n) is 17.1. The highest BCUT2D eigenvalue weighted by Crippen LogP contribution is 2.21. The second-order valence-corrected chi connectivity index (χ2v) is 6.25. The van der Waals surface area contributed by atoms with Crippen molar-refractivity contribution in [3.63, 3.8) is 0 Å². The molecular weight excluding hydrogens is 467 g/mol. The van der Waals surface area contributed by atoms with Gasteiger partial charge in [-0.1, -0.05) is 19.1 Å². The van der Waals surface area contributed by atoms with Crippen LogP contribution >= 0.6 is 24.0 Å². The number of halogens is 1. The van der Waals surface area contributed by atoms with E-state index in [-0.39, 0.29) is 24.0 Å². The molecule has 1 heterocycles. The van der Waals surface area contributed by atoms with E-state index in [1.54, 1.807) is 20.4 Å². The van der Waals surface area contributed by atoms with Gasteiger partial charge in [-0.2, -0.15) is 0 Å². The third-order valence-corrected chi connectivity index (χ3v) is 4.33. The van der Waals surface area contributed by atoms with Crippen molar-refractivity contribution in [2.45, 2.75) is 32.7 Å². The quantitative estimate of drug-likeness (QED) is 0.311. The number of aliphatic imine (C=N–C) groups is 1. The van der Waals surface area contributed by atoms with Gasteiger partial charge in [-0.15, -0.1) is 24.0 Å². The van der Waals surface area contributed by atoms with E-state index in [0.717, 1.165) is 30.2 Å². The summed E-state index contributed by atoms with van der Waals surface area (Å²) in [4.78, 5) is 8.47. The molecule has 0 radical (unpaired) electrons. The average molecular weight is 498 g/mol. The highest BCUT2D eigenvalue weighted by molar-refractivity contribution is 14.0. The van der Waals surface area contributed by atoms with Crippen molar-refractivity contribution >= 4 is 29.9 Å². The molecular formula is C21H31IN4O2. The van der Waals surface area contributed by atoms with Crippen molar-refractivity contribution in [3.05, 3.63) is 53.7 Å². The minimum atomic E-state index is 0. The van der Waals surface area contributed by atoms with Crippen LogP contribution in [0.25, 0.3) is 0 Å². The maximum atomic E-state index is 5.43. The fourth-order valence-corrected chi connectivity index (χ4v) is 2.70. The summed E-state index contributed by atoms with van der Waals surface area (Å²) >= 11 is 0. The lowest BCUT2D eigenvalue weighted by molar-refractivity contribution is 0.326. The van der Waals surface area contributed by atoms with Gasteiger partial charge in [-0.25, -0.2) is 4.98 Å². The Morgan fingerprint density at radius 2 is 1.93 bits per heavy atom. The van der Waals surface area contributed by atoms with Crippen LogP contribution in [0.2, 0.25) is 0 Å². The number of hydrogen-bond acceptors (Lipinski definition) is 4. The van der Waals surface area contributed by atoms with Gasteiger partial charge in [0.15, 0.2) is 5.96 Å². The van der Waals surface area contributed by atoms with Gasteiger partial charge in [-0.3, -0.25) is 4.99 Å². The number of hydrogen-bond donors (Lipinski definition) is 2. The second-order valence-electron chi connectivity index (χ2n) is 6.25. The van der Waals surface area contributed by atoms with Crippen LogP contribution in [-0.2, 0) is 6.54 Å². The number of benzene rings is 1. The molecule has 0 saturated carbocycles. The normalized spacial score (nSPS) is 11.9. The molecule has 1 aromatic heterocycles. The van der Waals surface area contributed by atoms with Gasteiger partial charge in [0.1, 0.15) is 5.75 Å². The van der Waals surface area contributed by atoms with Crippen LogP contribution in [0.15, 0.2) is 47.6 Å². The summed E-state index contributed by atoms with van der Waals surface area (Å²) in [5.74, 6) is 2.77. The van der Waals surface area contributed by atoms with Crippen molar-refractivity contribution < 1.29 is 9.47 Å². The maximum Gasteiger partial charge on any atom is 0.213 e. The molecule has 0 aliphatic carbocycles. The molecule has 7 heteroatoms. The summed E-state index contributed by atoms with van der Waals surface area (Å²) in [7, 11) is 3.46. The van der Waals surface area contributed by atoms with E-state index in [4.69, 9.17) is 9.47 Å². The van der Waals surface area contributed by atoms with Crippen LogP contribution < -0.4 is 20.1 Å². The van der Waals surface area contributed by atoms with Crippen molar-refractivity contribution in [1.82, 2.24) is 15.6 Å². The summed E-state index contributed by atoms with van der Waals surface area (Å²) < 4.78 is 10.6. The molecule has 28 heavy (non-hydrogen) atoms. The van der Waals surface area contributed by atoms with Crippen molar-refractivity contribution in [2.75, 3.05) is 27.3 Å². The third-order valence-electron chi connectivity index (χ3n) is 4.33. The van der Waals surface area contributed by atoms with Crippen LogP contribution in [0.5, 0.6) is 11.6 Å². The first-order chi connectivity index (χ1) is 13.2. The molecule has 154 valence electrons. The molecule has 0 bridgehead atoms. The van der Waals surface area contributed by atoms with E-state index in [9.17, 15) is 0 Å². The predicted octanol–water partition coefficient (Wildman–Crippen LogP) is 3.97. The van der Waals surface area contributed by atoms with Crippen molar-refractivity contribution in [1.29, 1.82) is 0 Å². The number of nitrogens with zero attached hydrogens (tertiary/aromatic N) is 2. The van der Waals surface area contributed by atoms with E-state index in [2.05, 4.69) is 39.7 Å². The second kappa shape index (κ2) is 13.2. The topological polar surface area (TPSA) is 67.8 Å². The average Bonchev–Trinajstić information content (AvgIpc) is 2.71. The number of rotatable bonds is 9. The van der Waals surface area contributed by atoms with Gasteiger partial charge < -0.3 is 20.1 Å². The first kappa shape index (κ1) is 24.0. The van der Waals surface area contributed by atoms with Crippen LogP contribution in [0.4, 0.5) is 0 Å². The van der Waals surface area contributed by atoms with Gasteiger partial charge in [0.25, 0.3) is 0 Å². The Kier molecular flexibility index (Phi) is 11.3. The number of nitrogens with one attached hydrogen (secondary N) is 2. The van der Waals surface area contributed by atoms with E-state index in [1.807, 2.05) is 31.2 Å². The lowest BCUT2D eigenvalue weighted by Gasteiger charge is -2.15. The van der Waals surface area contributed by atoms with Crippen molar-refractivity contribution in [2.24, 2.45) is 4.99 Å². The molecule has 1 unspecified atom stereocenters. The zero-order valence-corrected chi connectivity index (χ0v) is 19.4. The van der Waals surface area contributed by atoms with Gasteiger partial charge in [0.2, 0.25) is 5.88 Å². The molecule has 1 atom stereocenters. The van der Waals surface area contributed by atoms with Crippen molar-refractivity contribution in [3.8, 4) is 11.6 Å². The van der Waals surface area contributed by atoms with Gasteiger partial charge in [0.05, 0.1) is 13.7 Å².